The number of aryl methyl sites for hydroxylation is 2. The Morgan fingerprint density at radius 3 is 2.67 bits per heavy atom. The minimum atomic E-state index is -1.24. The van der Waals surface area contributed by atoms with Crippen LogP contribution in [0.2, 0.25) is 0 Å². The summed E-state index contributed by atoms with van der Waals surface area (Å²) in [6.07, 6.45) is 1.00. The number of nitrogens with zero attached hydrogens (tertiary/aromatic N) is 3. The molecule has 4 rings (SSSR count). The van der Waals surface area contributed by atoms with E-state index in [0.29, 0.717) is 30.2 Å². The third-order valence-corrected chi connectivity index (χ3v) is 7.03. The van der Waals surface area contributed by atoms with Crippen LogP contribution in [0.15, 0.2) is 30.3 Å². The van der Waals surface area contributed by atoms with Crippen molar-refractivity contribution >= 4 is 17.6 Å². The number of aromatic amines is 1. The number of benzene rings is 1. The van der Waals surface area contributed by atoms with Gasteiger partial charge in [0.05, 0.1) is 11.1 Å². The van der Waals surface area contributed by atoms with Gasteiger partial charge in [-0.2, -0.15) is 5.10 Å². The first-order valence-corrected chi connectivity index (χ1v) is 12.0. The van der Waals surface area contributed by atoms with Crippen LogP contribution in [-0.2, 0) is 17.8 Å². The summed E-state index contributed by atoms with van der Waals surface area (Å²) >= 11 is 0. The van der Waals surface area contributed by atoms with Crippen LogP contribution in [0.3, 0.4) is 0 Å². The molecule has 0 radical (unpaired) electrons. The summed E-state index contributed by atoms with van der Waals surface area (Å²) < 4.78 is 43.1. The van der Waals surface area contributed by atoms with Crippen molar-refractivity contribution in [3.05, 3.63) is 70.3 Å². The Morgan fingerprint density at radius 2 is 2.00 bits per heavy atom. The second-order valence-electron chi connectivity index (χ2n) is 9.61. The summed E-state index contributed by atoms with van der Waals surface area (Å²) in [5, 5.41) is 20.2. The molecular weight excluding hydrogens is 471 g/mol. The van der Waals surface area contributed by atoms with Crippen molar-refractivity contribution in [2.24, 2.45) is 5.41 Å². The number of hydrogen-bond donors (Lipinski definition) is 3. The second kappa shape index (κ2) is 10.3. The molecule has 1 saturated heterocycles. The van der Waals surface area contributed by atoms with E-state index in [1.807, 2.05) is 18.7 Å². The maximum Gasteiger partial charge on any atom is 0.310 e. The summed E-state index contributed by atoms with van der Waals surface area (Å²) in [7, 11) is 0. The van der Waals surface area contributed by atoms with E-state index in [-0.39, 0.29) is 43.1 Å². The average molecular weight is 502 g/mol. The van der Waals surface area contributed by atoms with E-state index in [2.05, 4.69) is 20.5 Å². The fraction of sp³-hybridized carbons (Fsp3) is 0.423. The van der Waals surface area contributed by atoms with Gasteiger partial charge in [-0.25, -0.2) is 18.2 Å². The zero-order valence-corrected chi connectivity index (χ0v) is 20.5. The molecule has 1 aliphatic heterocycles. The molecule has 3 heterocycles. The highest BCUT2D eigenvalue weighted by atomic mass is 19.2. The molecule has 0 amide bonds. The van der Waals surface area contributed by atoms with Gasteiger partial charge in [0.25, 0.3) is 0 Å². The summed E-state index contributed by atoms with van der Waals surface area (Å²) in [5.74, 6) is -2.45. The molecule has 0 saturated carbocycles. The number of H-pyrrole nitrogens is 1. The van der Waals surface area contributed by atoms with Gasteiger partial charge in [-0.1, -0.05) is 19.1 Å². The van der Waals surface area contributed by atoms with Gasteiger partial charge < -0.3 is 10.4 Å². The van der Waals surface area contributed by atoms with Crippen LogP contribution in [0, 0.1) is 36.7 Å². The Labute approximate surface area is 207 Å². The van der Waals surface area contributed by atoms with Crippen molar-refractivity contribution in [2.45, 2.75) is 59.0 Å². The van der Waals surface area contributed by atoms with Crippen LogP contribution in [-0.4, -0.2) is 43.7 Å². The van der Waals surface area contributed by atoms with Gasteiger partial charge in [0.2, 0.25) is 0 Å². The number of nitrogens with one attached hydrogen (secondary N) is 2. The molecule has 0 spiro atoms. The molecule has 7 nitrogen and oxygen atoms in total. The lowest BCUT2D eigenvalue weighted by Crippen LogP contribution is -2.50. The highest BCUT2D eigenvalue weighted by molar-refractivity contribution is 5.75. The fourth-order valence-corrected chi connectivity index (χ4v) is 4.99. The summed E-state index contributed by atoms with van der Waals surface area (Å²) in [6, 6.07) is 7.20. The summed E-state index contributed by atoms with van der Waals surface area (Å²) in [4.78, 5) is 19.0. The zero-order valence-electron chi connectivity index (χ0n) is 20.5. The highest BCUT2D eigenvalue weighted by Gasteiger charge is 2.46. The molecule has 3 N–H and O–H groups in total. The molecular formula is C26H30F3N5O2. The third-order valence-electron chi connectivity index (χ3n) is 7.03. The van der Waals surface area contributed by atoms with E-state index in [4.69, 9.17) is 0 Å². The largest absolute Gasteiger partial charge is 0.481 e. The minimum Gasteiger partial charge on any atom is -0.481 e. The van der Waals surface area contributed by atoms with Gasteiger partial charge in [0.15, 0.2) is 17.5 Å². The molecule has 0 aliphatic carbocycles. The predicted octanol–water partition coefficient (Wildman–Crippen LogP) is 5.27. The molecule has 0 unspecified atom stereocenters. The molecule has 3 aromatic rings. The number of halogens is 3. The van der Waals surface area contributed by atoms with Crippen LogP contribution >= 0.6 is 0 Å². The Balaban J connectivity index is 1.58. The lowest BCUT2D eigenvalue weighted by atomic mass is 9.71. The van der Waals surface area contributed by atoms with Crippen molar-refractivity contribution in [1.82, 2.24) is 20.1 Å². The van der Waals surface area contributed by atoms with E-state index >= 15 is 4.39 Å². The van der Waals surface area contributed by atoms with E-state index in [1.54, 1.807) is 19.1 Å². The maximum absolute atomic E-state index is 15.1. The number of aromatic nitrogens is 3. The predicted molar refractivity (Wildman–Crippen MR) is 129 cm³/mol. The normalized spacial score (nSPS) is 20.4. The summed E-state index contributed by atoms with van der Waals surface area (Å²) in [6.45, 7) is 5.91. The highest BCUT2D eigenvalue weighted by Crippen LogP contribution is 2.40. The molecule has 0 bridgehead atoms. The first kappa shape index (κ1) is 25.7. The number of anilines is 2. The standard InChI is InChI=1S/C26H30F3N5O2/c1-4-18-12-26(25(35)36,8-9-34(18)14-17-6-5-7-19(27)24(17)29)13-20-23(28)15(2)10-21(30-20)31-22-11-16(3)32-33-22/h5-7,10-11,18H,4,8-9,12-14H2,1-3H3,(H,35,36)(H2,30,31,32,33)/t18-,26-/m1/s1. The van der Waals surface area contributed by atoms with Gasteiger partial charge in [-0.3, -0.25) is 14.8 Å². The van der Waals surface area contributed by atoms with Crippen LogP contribution in [0.25, 0.3) is 0 Å². The van der Waals surface area contributed by atoms with Gasteiger partial charge >= 0.3 is 5.97 Å². The van der Waals surface area contributed by atoms with E-state index in [1.165, 1.54) is 12.1 Å². The second-order valence-corrected chi connectivity index (χ2v) is 9.61. The number of likely N-dealkylation sites (tertiary alicyclic amines) is 1. The average Bonchev–Trinajstić information content (AvgIpc) is 3.25. The van der Waals surface area contributed by atoms with Crippen molar-refractivity contribution in [3.8, 4) is 0 Å². The Kier molecular flexibility index (Phi) is 7.35. The summed E-state index contributed by atoms with van der Waals surface area (Å²) in [5.41, 5.74) is 0.260. The van der Waals surface area contributed by atoms with Crippen LogP contribution in [0.1, 0.15) is 48.7 Å². The number of hydrogen-bond acceptors (Lipinski definition) is 5. The molecule has 2 atom stereocenters. The van der Waals surface area contributed by atoms with Crippen LogP contribution in [0.4, 0.5) is 24.8 Å². The Morgan fingerprint density at radius 1 is 1.22 bits per heavy atom. The van der Waals surface area contributed by atoms with Crippen molar-refractivity contribution in [3.63, 3.8) is 0 Å². The smallest absolute Gasteiger partial charge is 0.310 e. The van der Waals surface area contributed by atoms with Gasteiger partial charge in [-0.15, -0.1) is 0 Å². The number of carbonyl (C=O) groups is 1. The van der Waals surface area contributed by atoms with E-state index < -0.39 is 28.8 Å². The lowest BCUT2D eigenvalue weighted by Gasteiger charge is -2.44. The molecule has 36 heavy (non-hydrogen) atoms. The fourth-order valence-electron chi connectivity index (χ4n) is 4.99. The molecule has 1 aliphatic rings. The van der Waals surface area contributed by atoms with Gasteiger partial charge in [0, 0.05) is 36.3 Å². The SMILES string of the molecule is CC[C@@H]1C[C@](Cc2nc(Nc3cc(C)[nH]n3)cc(C)c2F)(C(=O)O)CCN1Cc1cccc(F)c1F. The molecule has 2 aromatic heterocycles. The first-order valence-electron chi connectivity index (χ1n) is 12.0. The number of carboxylic acid groups (broad SMARTS) is 1. The van der Waals surface area contributed by atoms with Crippen LogP contribution < -0.4 is 5.32 Å². The molecule has 10 heteroatoms. The van der Waals surface area contributed by atoms with Gasteiger partial charge in [-0.05, 0) is 57.4 Å². The minimum absolute atomic E-state index is 0.0756. The third kappa shape index (κ3) is 5.23. The Bertz CT molecular complexity index is 1260. The molecule has 1 fully saturated rings. The topological polar surface area (TPSA) is 94.1 Å². The van der Waals surface area contributed by atoms with Gasteiger partial charge in [0.1, 0.15) is 11.6 Å². The number of pyridine rings is 1. The molecule has 1 aromatic carbocycles. The van der Waals surface area contributed by atoms with Crippen molar-refractivity contribution in [2.75, 3.05) is 11.9 Å². The first-order chi connectivity index (χ1) is 17.1. The number of carboxylic acids is 1. The van der Waals surface area contributed by atoms with E-state index in [0.717, 1.165) is 11.8 Å². The maximum atomic E-state index is 15.1. The van der Waals surface area contributed by atoms with Crippen LogP contribution in [0.5, 0.6) is 0 Å². The quantitative estimate of drug-likeness (QED) is 0.389. The number of piperidine rings is 1. The lowest BCUT2D eigenvalue weighted by molar-refractivity contribution is -0.154. The number of rotatable bonds is 8. The molecule has 192 valence electrons. The van der Waals surface area contributed by atoms with E-state index in [9.17, 15) is 18.7 Å². The van der Waals surface area contributed by atoms with Crippen molar-refractivity contribution in [1.29, 1.82) is 0 Å². The Hall–Kier alpha value is -3.40. The zero-order chi connectivity index (χ0) is 26.0. The number of aliphatic carboxylic acids is 1. The van der Waals surface area contributed by atoms with Crippen molar-refractivity contribution < 1.29 is 23.1 Å². The monoisotopic (exact) mass is 501 g/mol.